The average Bonchev–Trinajstić information content (AvgIpc) is 3.23. The van der Waals surface area contributed by atoms with E-state index in [1.807, 2.05) is 19.9 Å². The summed E-state index contributed by atoms with van der Waals surface area (Å²) in [6.07, 6.45) is 2.28. The first-order valence-corrected chi connectivity index (χ1v) is 8.65. The Morgan fingerprint density at radius 1 is 1.38 bits per heavy atom. The first-order chi connectivity index (χ1) is 12.5. The lowest BCUT2D eigenvalue weighted by Gasteiger charge is -2.14. The Kier molecular flexibility index (Phi) is 5.37. The van der Waals surface area contributed by atoms with Crippen LogP contribution in [0.25, 0.3) is 0 Å². The van der Waals surface area contributed by atoms with Crippen LogP contribution in [0.2, 0.25) is 0 Å². The lowest BCUT2D eigenvalue weighted by Crippen LogP contribution is -2.18. The number of nitro benzene ring substituents is 1. The van der Waals surface area contributed by atoms with Crippen molar-refractivity contribution in [3.05, 3.63) is 57.4 Å². The number of aryl methyl sites for hydroxylation is 1. The van der Waals surface area contributed by atoms with Gasteiger partial charge in [-0.15, -0.1) is 0 Å². The van der Waals surface area contributed by atoms with Crippen LogP contribution in [0.15, 0.2) is 30.3 Å². The van der Waals surface area contributed by atoms with Crippen LogP contribution in [-0.2, 0) is 11.3 Å². The second-order valence-corrected chi connectivity index (χ2v) is 6.47. The van der Waals surface area contributed by atoms with Crippen LogP contribution in [0.3, 0.4) is 0 Å². The summed E-state index contributed by atoms with van der Waals surface area (Å²) in [5, 5.41) is 11.0. The van der Waals surface area contributed by atoms with E-state index in [0.717, 1.165) is 37.4 Å². The quantitative estimate of drug-likeness (QED) is 0.430. The normalized spacial score (nSPS) is 16.6. The number of nitrogens with zero attached hydrogens (tertiary/aromatic N) is 2. The van der Waals surface area contributed by atoms with Crippen molar-refractivity contribution in [2.45, 2.75) is 39.3 Å². The van der Waals surface area contributed by atoms with Gasteiger partial charge in [0.1, 0.15) is 0 Å². The van der Waals surface area contributed by atoms with Gasteiger partial charge < -0.3 is 14.0 Å². The molecule has 0 unspecified atom stereocenters. The van der Waals surface area contributed by atoms with Crippen LogP contribution in [0.1, 0.15) is 34.6 Å². The Hall–Kier alpha value is -2.67. The molecule has 1 fully saturated rings. The van der Waals surface area contributed by atoms with Crippen LogP contribution < -0.4 is 4.74 Å². The zero-order valence-corrected chi connectivity index (χ0v) is 14.9. The van der Waals surface area contributed by atoms with E-state index in [1.165, 1.54) is 12.1 Å². The maximum atomic E-state index is 12.6. The number of hydrogen-bond acceptors (Lipinski definition) is 5. The highest BCUT2D eigenvalue weighted by Crippen LogP contribution is 2.26. The molecule has 0 saturated carbocycles. The van der Waals surface area contributed by atoms with Gasteiger partial charge in [-0.3, -0.25) is 14.9 Å². The van der Waals surface area contributed by atoms with Gasteiger partial charge in [-0.25, -0.2) is 0 Å². The van der Waals surface area contributed by atoms with Gasteiger partial charge in [-0.2, -0.15) is 0 Å². The molecule has 7 heteroatoms. The lowest BCUT2D eigenvalue weighted by molar-refractivity contribution is -0.385. The Morgan fingerprint density at radius 2 is 2.15 bits per heavy atom. The molecule has 0 aliphatic carbocycles. The van der Waals surface area contributed by atoms with Crippen LogP contribution in [0.4, 0.5) is 5.69 Å². The Labute approximate surface area is 151 Å². The van der Waals surface area contributed by atoms with Crippen molar-refractivity contribution in [3.63, 3.8) is 0 Å². The van der Waals surface area contributed by atoms with E-state index < -0.39 is 4.92 Å². The Balaban J connectivity index is 1.71. The summed E-state index contributed by atoms with van der Waals surface area (Å²) in [5.41, 5.74) is 2.30. The van der Waals surface area contributed by atoms with Crippen molar-refractivity contribution in [2.75, 3.05) is 13.2 Å². The maximum Gasteiger partial charge on any atom is 0.310 e. The van der Waals surface area contributed by atoms with Gasteiger partial charge in [0.15, 0.2) is 12.4 Å². The zero-order valence-electron chi connectivity index (χ0n) is 14.9. The van der Waals surface area contributed by atoms with Gasteiger partial charge >= 0.3 is 5.69 Å². The van der Waals surface area contributed by atoms with Crippen molar-refractivity contribution in [1.29, 1.82) is 0 Å². The van der Waals surface area contributed by atoms with Crippen LogP contribution in [0, 0.1) is 24.0 Å². The topological polar surface area (TPSA) is 83.6 Å². The molecule has 138 valence electrons. The molecule has 1 saturated heterocycles. The molecule has 0 radical (unpaired) electrons. The molecule has 7 nitrogen and oxygen atoms in total. The molecular formula is C19H22N2O5. The van der Waals surface area contributed by atoms with Gasteiger partial charge in [0.2, 0.25) is 5.78 Å². The van der Waals surface area contributed by atoms with E-state index in [-0.39, 0.29) is 29.9 Å². The molecule has 26 heavy (non-hydrogen) atoms. The van der Waals surface area contributed by atoms with Crippen molar-refractivity contribution >= 4 is 11.5 Å². The summed E-state index contributed by atoms with van der Waals surface area (Å²) in [5.74, 6) is -0.103. The van der Waals surface area contributed by atoms with E-state index in [1.54, 1.807) is 12.1 Å². The molecule has 2 aromatic rings. The van der Waals surface area contributed by atoms with Crippen molar-refractivity contribution in [2.24, 2.45) is 0 Å². The second kappa shape index (κ2) is 7.70. The highest BCUT2D eigenvalue weighted by molar-refractivity contribution is 5.98. The minimum absolute atomic E-state index is 0.0963. The second-order valence-electron chi connectivity index (χ2n) is 6.47. The number of carbonyl (C=O) groups excluding carboxylic acids is 1. The Morgan fingerprint density at radius 3 is 2.85 bits per heavy atom. The third-order valence-electron chi connectivity index (χ3n) is 4.70. The van der Waals surface area contributed by atoms with Gasteiger partial charge in [0, 0.05) is 36.2 Å². The van der Waals surface area contributed by atoms with E-state index in [9.17, 15) is 14.9 Å². The molecule has 1 atom stereocenters. The fourth-order valence-corrected chi connectivity index (χ4v) is 3.31. The third kappa shape index (κ3) is 3.77. The van der Waals surface area contributed by atoms with E-state index in [2.05, 4.69) is 4.57 Å². The smallest absolute Gasteiger partial charge is 0.310 e. The highest BCUT2D eigenvalue weighted by Gasteiger charge is 2.22. The van der Waals surface area contributed by atoms with E-state index in [4.69, 9.17) is 9.47 Å². The number of ketones is 1. The minimum atomic E-state index is -0.521. The summed E-state index contributed by atoms with van der Waals surface area (Å²) >= 11 is 0. The summed E-state index contributed by atoms with van der Waals surface area (Å²) in [7, 11) is 0. The largest absolute Gasteiger partial charge is 0.478 e. The first kappa shape index (κ1) is 18.1. The van der Waals surface area contributed by atoms with Crippen LogP contribution in [0.5, 0.6) is 5.75 Å². The molecular weight excluding hydrogens is 336 g/mol. The molecule has 1 aromatic heterocycles. The summed E-state index contributed by atoms with van der Waals surface area (Å²) in [6.45, 7) is 5.15. The lowest BCUT2D eigenvalue weighted by atomic mass is 10.1. The average molecular weight is 358 g/mol. The van der Waals surface area contributed by atoms with E-state index >= 15 is 0 Å². The zero-order chi connectivity index (χ0) is 18.7. The summed E-state index contributed by atoms with van der Waals surface area (Å²) in [4.78, 5) is 23.1. The minimum Gasteiger partial charge on any atom is -0.478 e. The van der Waals surface area contributed by atoms with Gasteiger partial charge in [-0.05, 0) is 38.8 Å². The van der Waals surface area contributed by atoms with Gasteiger partial charge in [-0.1, -0.05) is 12.1 Å². The predicted molar refractivity (Wildman–Crippen MR) is 95.8 cm³/mol. The molecule has 1 aliphatic rings. The molecule has 1 aromatic carbocycles. The Bertz CT molecular complexity index is 821. The molecule has 1 aliphatic heterocycles. The van der Waals surface area contributed by atoms with Crippen LogP contribution in [-0.4, -0.2) is 34.6 Å². The molecule has 0 bridgehead atoms. The number of ether oxygens (including phenoxy) is 2. The van der Waals surface area contributed by atoms with Gasteiger partial charge in [0.25, 0.3) is 0 Å². The number of Topliss-reactive ketones (excluding diaryl/α,β-unsaturated/α-hetero) is 1. The number of aromatic nitrogens is 1. The van der Waals surface area contributed by atoms with Crippen molar-refractivity contribution in [1.82, 2.24) is 4.57 Å². The molecule has 0 amide bonds. The first-order valence-electron chi connectivity index (χ1n) is 8.65. The monoisotopic (exact) mass is 358 g/mol. The van der Waals surface area contributed by atoms with Gasteiger partial charge in [0.05, 0.1) is 11.0 Å². The molecule has 2 heterocycles. The SMILES string of the molecule is Cc1cc(C(=O)COc2ccccc2[N+](=O)[O-])c(C)n1C[C@@H]1CCCO1. The summed E-state index contributed by atoms with van der Waals surface area (Å²) in [6, 6.07) is 7.89. The highest BCUT2D eigenvalue weighted by atomic mass is 16.6. The molecule has 0 spiro atoms. The summed E-state index contributed by atoms with van der Waals surface area (Å²) < 4.78 is 13.2. The number of nitro groups is 1. The van der Waals surface area contributed by atoms with Crippen molar-refractivity contribution < 1.29 is 19.2 Å². The number of para-hydroxylation sites is 2. The number of benzene rings is 1. The predicted octanol–water partition coefficient (Wildman–Crippen LogP) is 3.45. The number of rotatable bonds is 7. The fourth-order valence-electron chi connectivity index (χ4n) is 3.31. The molecule has 0 N–H and O–H groups in total. The molecule has 3 rings (SSSR count). The standard InChI is InChI=1S/C19H22N2O5/c1-13-10-16(14(2)20(13)11-15-6-5-9-25-15)18(22)12-26-19-8-4-3-7-17(19)21(23)24/h3-4,7-8,10,15H,5-6,9,11-12H2,1-2H3/t15-/m0/s1. The van der Waals surface area contributed by atoms with Crippen molar-refractivity contribution in [3.8, 4) is 5.75 Å². The van der Waals surface area contributed by atoms with E-state index in [0.29, 0.717) is 5.56 Å². The number of hydrogen-bond donors (Lipinski definition) is 0. The third-order valence-corrected chi connectivity index (χ3v) is 4.70. The maximum absolute atomic E-state index is 12.6. The fraction of sp³-hybridized carbons (Fsp3) is 0.421. The number of carbonyl (C=O) groups is 1. The van der Waals surface area contributed by atoms with Crippen LogP contribution >= 0.6 is 0 Å².